The first kappa shape index (κ1) is 15.8. The van der Waals surface area contributed by atoms with Crippen molar-refractivity contribution in [3.8, 4) is 11.6 Å². The molecule has 1 rings (SSSR count). The first-order valence-corrected chi connectivity index (χ1v) is 5.90. The molecule has 0 bridgehead atoms. The van der Waals surface area contributed by atoms with Crippen molar-refractivity contribution >= 4 is 28.6 Å². The summed E-state index contributed by atoms with van der Waals surface area (Å²) in [6.45, 7) is 0. The van der Waals surface area contributed by atoms with Gasteiger partial charge in [0.15, 0.2) is 0 Å². The van der Waals surface area contributed by atoms with Crippen LogP contribution in [0.5, 0.6) is 11.6 Å². The first-order valence-electron chi connectivity index (χ1n) is 4.82. The van der Waals surface area contributed by atoms with Crippen molar-refractivity contribution in [3.63, 3.8) is 0 Å². The van der Waals surface area contributed by atoms with Crippen molar-refractivity contribution in [1.29, 1.82) is 0 Å². The number of nitrogens with zero attached hydrogens (tertiary/aromatic N) is 1. The van der Waals surface area contributed by atoms with Gasteiger partial charge in [-0.05, 0) is 28.2 Å². The molecule has 0 unspecified atom stereocenters. The first-order chi connectivity index (χ1) is 8.78. The molecule has 0 aliphatic heterocycles. The zero-order valence-electron chi connectivity index (χ0n) is 9.88. The van der Waals surface area contributed by atoms with Crippen LogP contribution in [-0.4, -0.2) is 31.5 Å². The Kier molecular flexibility index (Phi) is 5.20. The van der Waals surface area contributed by atoms with Gasteiger partial charge < -0.3 is 14.2 Å². The summed E-state index contributed by atoms with van der Waals surface area (Å²) in [5, 5.41) is 0. The Morgan fingerprint density at radius 1 is 1.42 bits per heavy atom. The van der Waals surface area contributed by atoms with Crippen LogP contribution in [0.2, 0.25) is 0 Å². The molecular weight excluding hydrogens is 382 g/mol. The van der Waals surface area contributed by atoms with Gasteiger partial charge in [0.05, 0.1) is 24.2 Å². The Morgan fingerprint density at radius 2 is 2.05 bits per heavy atom. The molecular formula is C10H9F3INO4. The molecule has 0 saturated carbocycles. The van der Waals surface area contributed by atoms with E-state index in [0.29, 0.717) is 0 Å². The molecule has 19 heavy (non-hydrogen) atoms. The summed E-state index contributed by atoms with van der Waals surface area (Å²) >= 11 is 1.63. The number of pyridine rings is 1. The van der Waals surface area contributed by atoms with Crippen LogP contribution >= 0.6 is 22.6 Å². The predicted molar refractivity (Wildman–Crippen MR) is 65.9 cm³/mol. The monoisotopic (exact) mass is 391 g/mol. The number of carbonyl (C=O) groups is 1. The normalized spacial score (nSPS) is 11.1. The van der Waals surface area contributed by atoms with E-state index >= 15 is 0 Å². The van der Waals surface area contributed by atoms with Gasteiger partial charge in [-0.2, -0.15) is 0 Å². The van der Waals surface area contributed by atoms with Gasteiger partial charge in [-0.3, -0.25) is 4.79 Å². The highest BCUT2D eigenvalue weighted by Crippen LogP contribution is 2.36. The molecule has 0 spiro atoms. The minimum atomic E-state index is -4.88. The van der Waals surface area contributed by atoms with Crippen LogP contribution in [0.15, 0.2) is 6.20 Å². The summed E-state index contributed by atoms with van der Waals surface area (Å²) in [6, 6.07) is 0. The third-order valence-electron chi connectivity index (χ3n) is 1.99. The average molecular weight is 391 g/mol. The number of rotatable bonds is 4. The Morgan fingerprint density at radius 3 is 2.53 bits per heavy atom. The number of ether oxygens (including phenoxy) is 3. The lowest BCUT2D eigenvalue weighted by molar-refractivity contribution is -0.275. The second-order valence-electron chi connectivity index (χ2n) is 3.24. The molecule has 0 radical (unpaired) electrons. The van der Waals surface area contributed by atoms with Gasteiger partial charge >= 0.3 is 12.3 Å². The third-order valence-corrected chi connectivity index (χ3v) is 3.17. The van der Waals surface area contributed by atoms with E-state index in [0.717, 1.165) is 0 Å². The quantitative estimate of drug-likeness (QED) is 0.583. The highest BCUT2D eigenvalue weighted by Gasteiger charge is 2.34. The Labute approximate surface area is 120 Å². The Hall–Kier alpha value is -1.26. The molecule has 0 saturated heterocycles. The van der Waals surface area contributed by atoms with Crippen LogP contribution < -0.4 is 9.47 Å². The number of methoxy groups -OCH3 is 2. The van der Waals surface area contributed by atoms with Crippen molar-refractivity contribution in [1.82, 2.24) is 4.98 Å². The highest BCUT2D eigenvalue weighted by atomic mass is 127. The van der Waals surface area contributed by atoms with Gasteiger partial charge in [0.1, 0.15) is 0 Å². The van der Waals surface area contributed by atoms with E-state index < -0.39 is 18.1 Å². The van der Waals surface area contributed by atoms with Crippen LogP contribution in [0.4, 0.5) is 13.2 Å². The minimum absolute atomic E-state index is 0.0900. The van der Waals surface area contributed by atoms with Crippen molar-refractivity contribution in [2.75, 3.05) is 14.2 Å². The molecule has 0 aliphatic carbocycles. The largest absolute Gasteiger partial charge is 0.573 e. The van der Waals surface area contributed by atoms with E-state index in [1.165, 1.54) is 20.4 Å². The van der Waals surface area contributed by atoms with E-state index in [9.17, 15) is 18.0 Å². The average Bonchev–Trinajstić information content (AvgIpc) is 2.32. The van der Waals surface area contributed by atoms with Crippen molar-refractivity contribution < 1.29 is 32.2 Å². The third kappa shape index (κ3) is 4.40. The highest BCUT2D eigenvalue weighted by molar-refractivity contribution is 14.1. The molecule has 0 aliphatic rings. The van der Waals surface area contributed by atoms with Crippen molar-refractivity contribution in [3.05, 3.63) is 15.3 Å². The van der Waals surface area contributed by atoms with E-state index in [2.05, 4.69) is 14.5 Å². The van der Waals surface area contributed by atoms with Gasteiger partial charge in [-0.15, -0.1) is 13.2 Å². The van der Waals surface area contributed by atoms with Crippen molar-refractivity contribution in [2.45, 2.75) is 12.8 Å². The molecule has 0 amide bonds. The second kappa shape index (κ2) is 6.26. The SMILES string of the molecule is COC(=O)Cc1cnc(OC)c(OC(F)(F)F)c1I. The fourth-order valence-corrected chi connectivity index (χ4v) is 1.86. The zero-order chi connectivity index (χ0) is 14.6. The van der Waals surface area contributed by atoms with E-state index in [1.54, 1.807) is 22.6 Å². The molecule has 0 atom stereocenters. The molecule has 5 nitrogen and oxygen atoms in total. The predicted octanol–water partition coefficient (Wildman–Crippen LogP) is 2.31. The molecule has 1 heterocycles. The number of hydrogen-bond acceptors (Lipinski definition) is 5. The molecule has 106 valence electrons. The van der Waals surface area contributed by atoms with Gasteiger partial charge in [0, 0.05) is 6.20 Å². The van der Waals surface area contributed by atoms with E-state index in [-0.39, 0.29) is 21.4 Å². The van der Waals surface area contributed by atoms with Crippen molar-refractivity contribution in [2.24, 2.45) is 0 Å². The molecule has 1 aromatic rings. The van der Waals surface area contributed by atoms with Gasteiger partial charge in [0.2, 0.25) is 5.75 Å². The fraction of sp³-hybridized carbons (Fsp3) is 0.400. The van der Waals surface area contributed by atoms with Crippen LogP contribution in [0.25, 0.3) is 0 Å². The van der Waals surface area contributed by atoms with Crippen LogP contribution in [0.1, 0.15) is 5.56 Å². The maximum Gasteiger partial charge on any atom is 0.573 e. The second-order valence-corrected chi connectivity index (χ2v) is 4.32. The van der Waals surface area contributed by atoms with Gasteiger partial charge in [0.25, 0.3) is 5.88 Å². The zero-order valence-corrected chi connectivity index (χ0v) is 12.0. The summed E-state index contributed by atoms with van der Waals surface area (Å²) in [7, 11) is 2.35. The maximum absolute atomic E-state index is 12.3. The smallest absolute Gasteiger partial charge is 0.478 e. The van der Waals surface area contributed by atoms with E-state index in [1.807, 2.05) is 0 Å². The number of halogens is 4. The van der Waals surface area contributed by atoms with Gasteiger partial charge in [-0.25, -0.2) is 4.98 Å². The van der Waals surface area contributed by atoms with Crippen LogP contribution in [0, 0.1) is 3.57 Å². The Bertz CT molecular complexity index is 479. The molecule has 1 aromatic heterocycles. The summed E-state index contributed by atoms with van der Waals surface area (Å²) in [5.41, 5.74) is 0.257. The topological polar surface area (TPSA) is 57.7 Å². The number of alkyl halides is 3. The molecule has 0 fully saturated rings. The van der Waals surface area contributed by atoms with Crippen LogP contribution in [-0.2, 0) is 16.0 Å². The van der Waals surface area contributed by atoms with Gasteiger partial charge in [-0.1, -0.05) is 0 Å². The number of carbonyl (C=O) groups excluding carboxylic acids is 1. The standard InChI is InChI=1S/C10H9F3INO4/c1-17-6(16)3-5-4-15-9(18-2)8(7(5)14)19-10(11,12)13/h4H,3H2,1-2H3. The maximum atomic E-state index is 12.3. The summed E-state index contributed by atoms with van der Waals surface area (Å²) in [4.78, 5) is 14.8. The lowest BCUT2D eigenvalue weighted by atomic mass is 10.2. The number of esters is 1. The Balaban J connectivity index is 3.18. The molecule has 0 aromatic carbocycles. The lowest BCUT2D eigenvalue weighted by Gasteiger charge is -2.15. The molecule has 0 N–H and O–H groups in total. The fourth-order valence-electron chi connectivity index (χ4n) is 1.19. The molecule has 9 heteroatoms. The lowest BCUT2D eigenvalue weighted by Crippen LogP contribution is -2.19. The number of aromatic nitrogens is 1. The van der Waals surface area contributed by atoms with Crippen LogP contribution in [0.3, 0.4) is 0 Å². The summed E-state index contributed by atoms with van der Waals surface area (Å²) in [6.07, 6.45) is -3.85. The number of hydrogen-bond donors (Lipinski definition) is 0. The summed E-state index contributed by atoms with van der Waals surface area (Å²) < 4.78 is 50.0. The van der Waals surface area contributed by atoms with E-state index in [4.69, 9.17) is 4.74 Å². The summed E-state index contributed by atoms with van der Waals surface area (Å²) in [5.74, 6) is -1.48. The minimum Gasteiger partial charge on any atom is -0.478 e.